The molecule has 4 atom stereocenters. The number of rotatable bonds is 5. The molecule has 0 aromatic carbocycles. The predicted molar refractivity (Wildman–Crippen MR) is 152 cm³/mol. The second-order valence-electron chi connectivity index (χ2n) is 12.0. The molecule has 1 aliphatic carbocycles. The standard InChI is InChI=1S/C29H28F3N5O3S2/c1-28(2)21-22(28)27(40)37(26(21)39)12-14-8-16-24(42-14)15(4-6-34-16)23-20(18(41-3)9-19(35-23)29(30,31)32)25(38)36-7-5-13-10-33-11-17(13)36/h4,6,8-9,13,17,21-22,33H,5,7,10-12H2,1-3H3/t13-,17+,21?,22?/m1/s1. The van der Waals surface area contributed by atoms with Crippen LogP contribution in [0.5, 0.6) is 0 Å². The molecule has 3 saturated heterocycles. The van der Waals surface area contributed by atoms with Crippen LogP contribution >= 0.6 is 23.1 Å². The van der Waals surface area contributed by atoms with E-state index in [-0.39, 0.29) is 63.7 Å². The van der Waals surface area contributed by atoms with Crippen LogP contribution in [-0.4, -0.2) is 69.4 Å². The van der Waals surface area contributed by atoms with Crippen LogP contribution in [0.1, 0.15) is 41.2 Å². The molecule has 3 amide bonds. The molecule has 1 N–H and O–H groups in total. The number of fused-ring (bicyclic) bond motifs is 3. The van der Waals surface area contributed by atoms with Gasteiger partial charge in [-0.15, -0.1) is 23.1 Å². The first kappa shape index (κ1) is 27.8. The van der Waals surface area contributed by atoms with Crippen LogP contribution in [0.3, 0.4) is 0 Å². The van der Waals surface area contributed by atoms with Gasteiger partial charge in [-0.3, -0.25) is 24.3 Å². The Kier molecular flexibility index (Phi) is 6.27. The Balaban J connectivity index is 1.32. The minimum atomic E-state index is -4.72. The maximum absolute atomic E-state index is 14.1. The smallest absolute Gasteiger partial charge is 0.334 e. The van der Waals surface area contributed by atoms with Gasteiger partial charge in [0.25, 0.3) is 5.91 Å². The number of piperidine rings is 1. The molecule has 4 fully saturated rings. The van der Waals surface area contributed by atoms with Crippen molar-refractivity contribution in [3.63, 3.8) is 0 Å². The monoisotopic (exact) mass is 615 g/mol. The fourth-order valence-electron chi connectivity index (χ4n) is 7.04. The third-order valence-electron chi connectivity index (χ3n) is 9.34. The van der Waals surface area contributed by atoms with E-state index in [0.29, 0.717) is 39.7 Å². The fourth-order valence-corrected chi connectivity index (χ4v) is 8.78. The molecule has 0 radical (unpaired) electrons. The Morgan fingerprint density at radius 1 is 1.19 bits per heavy atom. The predicted octanol–water partition coefficient (Wildman–Crippen LogP) is 4.67. The number of carbonyl (C=O) groups is 3. The van der Waals surface area contributed by atoms with E-state index in [9.17, 15) is 27.6 Å². The second kappa shape index (κ2) is 9.48. The summed E-state index contributed by atoms with van der Waals surface area (Å²) in [5, 5.41) is 3.32. The number of amides is 3. The van der Waals surface area contributed by atoms with Gasteiger partial charge in [0.05, 0.1) is 39.9 Å². The van der Waals surface area contributed by atoms with Crippen LogP contribution in [0.15, 0.2) is 29.3 Å². The number of carbonyl (C=O) groups excluding carboxylic acids is 3. The lowest BCUT2D eigenvalue weighted by atomic mass is 10.0. The van der Waals surface area contributed by atoms with Gasteiger partial charge >= 0.3 is 6.18 Å². The molecule has 220 valence electrons. The lowest BCUT2D eigenvalue weighted by Gasteiger charge is -2.26. The van der Waals surface area contributed by atoms with Crippen LogP contribution in [0.2, 0.25) is 0 Å². The summed E-state index contributed by atoms with van der Waals surface area (Å²) in [4.78, 5) is 52.4. The molecule has 42 heavy (non-hydrogen) atoms. The topological polar surface area (TPSA) is 95.5 Å². The number of nitrogens with zero attached hydrogens (tertiary/aromatic N) is 4. The lowest BCUT2D eigenvalue weighted by molar-refractivity contribution is -0.144. The van der Waals surface area contributed by atoms with Crippen molar-refractivity contribution < 1.29 is 27.6 Å². The highest BCUT2D eigenvalue weighted by atomic mass is 32.2. The number of halogens is 3. The van der Waals surface area contributed by atoms with Crippen molar-refractivity contribution >= 4 is 51.0 Å². The lowest BCUT2D eigenvalue weighted by Crippen LogP contribution is -2.39. The molecular formula is C29H28F3N5O3S2. The minimum absolute atomic E-state index is 0.0140. The number of thiophene rings is 1. The molecule has 3 aliphatic heterocycles. The Morgan fingerprint density at radius 2 is 1.93 bits per heavy atom. The highest BCUT2D eigenvalue weighted by molar-refractivity contribution is 7.98. The van der Waals surface area contributed by atoms with Crippen molar-refractivity contribution in [3.05, 3.63) is 40.5 Å². The van der Waals surface area contributed by atoms with Crippen LogP contribution in [0, 0.1) is 23.2 Å². The highest BCUT2D eigenvalue weighted by Gasteiger charge is 2.72. The molecule has 7 rings (SSSR count). The Labute approximate surface area is 248 Å². The van der Waals surface area contributed by atoms with Gasteiger partial charge in [-0.25, -0.2) is 4.98 Å². The van der Waals surface area contributed by atoms with Crippen molar-refractivity contribution in [2.45, 2.75) is 43.9 Å². The zero-order chi connectivity index (χ0) is 29.7. The third kappa shape index (κ3) is 4.10. The maximum Gasteiger partial charge on any atom is 0.433 e. The van der Waals surface area contributed by atoms with Gasteiger partial charge in [-0.05, 0) is 42.2 Å². The number of hydrogen-bond donors (Lipinski definition) is 1. The van der Waals surface area contributed by atoms with Crippen molar-refractivity contribution in [2.24, 2.45) is 23.2 Å². The Bertz CT molecular complexity index is 1650. The molecule has 3 aromatic rings. The number of aromatic nitrogens is 2. The summed E-state index contributed by atoms with van der Waals surface area (Å²) in [6.07, 6.45) is -0.740. The molecule has 8 nitrogen and oxygen atoms in total. The summed E-state index contributed by atoms with van der Waals surface area (Å²) in [6.45, 7) is 5.90. The number of likely N-dealkylation sites (tertiary alicyclic amines) is 2. The van der Waals surface area contributed by atoms with Crippen molar-refractivity contribution in [2.75, 3.05) is 25.9 Å². The van der Waals surface area contributed by atoms with Gasteiger partial charge in [0.15, 0.2) is 0 Å². The van der Waals surface area contributed by atoms with E-state index in [1.807, 2.05) is 13.8 Å². The van der Waals surface area contributed by atoms with Crippen LogP contribution in [-0.2, 0) is 22.3 Å². The molecule has 0 spiro atoms. The molecule has 6 heterocycles. The Hall–Kier alpha value is -3.03. The second-order valence-corrected chi connectivity index (χ2v) is 14.0. The number of alkyl halides is 3. The van der Waals surface area contributed by atoms with Gasteiger partial charge < -0.3 is 10.2 Å². The first-order valence-electron chi connectivity index (χ1n) is 13.8. The van der Waals surface area contributed by atoms with E-state index in [1.165, 1.54) is 22.4 Å². The van der Waals surface area contributed by atoms with E-state index < -0.39 is 11.9 Å². The van der Waals surface area contributed by atoms with Crippen molar-refractivity contribution in [3.8, 4) is 11.3 Å². The molecule has 1 saturated carbocycles. The number of thioether (sulfide) groups is 1. The average molecular weight is 616 g/mol. The molecule has 13 heteroatoms. The third-order valence-corrected chi connectivity index (χ3v) is 11.2. The van der Waals surface area contributed by atoms with Crippen molar-refractivity contribution in [1.29, 1.82) is 0 Å². The largest absolute Gasteiger partial charge is 0.433 e. The SMILES string of the molecule is CSc1cc(C(F)(F)F)nc(-c2ccnc3cc(CN4C(=O)C5C(C4=O)C5(C)C)sc23)c1C(=O)N1CC[C@@H]2CNC[C@@H]21. The van der Waals surface area contributed by atoms with Gasteiger partial charge in [0.1, 0.15) is 5.69 Å². The summed E-state index contributed by atoms with van der Waals surface area (Å²) in [5.41, 5.74) is -0.414. The van der Waals surface area contributed by atoms with E-state index in [4.69, 9.17) is 0 Å². The minimum Gasteiger partial charge on any atom is -0.334 e. The number of nitrogens with one attached hydrogen (secondary N) is 1. The molecule has 3 aromatic heterocycles. The summed E-state index contributed by atoms with van der Waals surface area (Å²) in [5.74, 6) is -1.01. The van der Waals surface area contributed by atoms with Crippen LogP contribution in [0.4, 0.5) is 13.2 Å². The van der Waals surface area contributed by atoms with Gasteiger partial charge in [0.2, 0.25) is 11.8 Å². The highest BCUT2D eigenvalue weighted by Crippen LogP contribution is 2.63. The van der Waals surface area contributed by atoms with Crippen LogP contribution < -0.4 is 5.32 Å². The number of hydrogen-bond acceptors (Lipinski definition) is 8. The fraction of sp³-hybridized carbons (Fsp3) is 0.483. The van der Waals surface area contributed by atoms with E-state index in [1.54, 1.807) is 23.3 Å². The van der Waals surface area contributed by atoms with E-state index in [0.717, 1.165) is 30.8 Å². The normalized spacial score (nSPS) is 26.3. The van der Waals surface area contributed by atoms with Crippen LogP contribution in [0.25, 0.3) is 21.5 Å². The average Bonchev–Trinajstić information content (AvgIpc) is 3.49. The first-order chi connectivity index (χ1) is 19.9. The number of imide groups is 1. The van der Waals surface area contributed by atoms with Gasteiger partial charge in [-0.2, -0.15) is 13.2 Å². The van der Waals surface area contributed by atoms with E-state index >= 15 is 0 Å². The summed E-state index contributed by atoms with van der Waals surface area (Å²) < 4.78 is 42.7. The van der Waals surface area contributed by atoms with E-state index in [2.05, 4.69) is 15.3 Å². The van der Waals surface area contributed by atoms with Crippen molar-refractivity contribution in [1.82, 2.24) is 25.1 Å². The molecule has 0 bridgehead atoms. The zero-order valence-electron chi connectivity index (χ0n) is 23.1. The number of pyridine rings is 2. The Morgan fingerprint density at radius 3 is 2.62 bits per heavy atom. The van der Waals surface area contributed by atoms with Gasteiger partial charge in [0, 0.05) is 47.2 Å². The zero-order valence-corrected chi connectivity index (χ0v) is 24.8. The molecule has 4 aliphatic rings. The summed E-state index contributed by atoms with van der Waals surface area (Å²) >= 11 is 2.34. The first-order valence-corrected chi connectivity index (χ1v) is 15.9. The van der Waals surface area contributed by atoms with Gasteiger partial charge in [-0.1, -0.05) is 13.8 Å². The summed E-state index contributed by atoms with van der Waals surface area (Å²) in [6, 6.07) is 4.27. The quantitative estimate of drug-likeness (QED) is 0.329. The maximum atomic E-state index is 14.1. The molecular weight excluding hydrogens is 587 g/mol. The summed E-state index contributed by atoms with van der Waals surface area (Å²) in [7, 11) is 0. The molecule has 2 unspecified atom stereocenters.